The molecule has 5 heteroatoms. The molecule has 110 valence electrons. The summed E-state index contributed by atoms with van der Waals surface area (Å²) >= 11 is 0. The molecule has 2 N–H and O–H groups in total. The number of unbranched alkanes of at least 4 members (excludes halogenated alkanes) is 1. The number of hydrogen-bond donors (Lipinski definition) is 1. The summed E-state index contributed by atoms with van der Waals surface area (Å²) in [5.74, 6) is 0. The van der Waals surface area contributed by atoms with E-state index in [4.69, 9.17) is 15.2 Å². The zero-order valence-electron chi connectivity index (χ0n) is 11.9. The van der Waals surface area contributed by atoms with E-state index in [0.29, 0.717) is 26.3 Å². The van der Waals surface area contributed by atoms with E-state index in [9.17, 15) is 4.79 Å². The molecule has 1 heterocycles. The van der Waals surface area contributed by atoms with Crippen molar-refractivity contribution in [3.63, 3.8) is 0 Å². The van der Waals surface area contributed by atoms with Gasteiger partial charge in [0.15, 0.2) is 0 Å². The first-order chi connectivity index (χ1) is 9.70. The van der Waals surface area contributed by atoms with Crippen LogP contribution >= 0.6 is 0 Å². The molecule has 20 heavy (non-hydrogen) atoms. The minimum Gasteiger partial charge on any atom is -0.449 e. The molecule has 0 spiro atoms. The summed E-state index contributed by atoms with van der Waals surface area (Å²) in [7, 11) is 0. The van der Waals surface area contributed by atoms with Crippen LogP contribution in [0.1, 0.15) is 31.4 Å². The monoisotopic (exact) mass is 278 g/mol. The van der Waals surface area contributed by atoms with Gasteiger partial charge in [-0.3, -0.25) is 0 Å². The van der Waals surface area contributed by atoms with Crippen molar-refractivity contribution in [2.24, 2.45) is 0 Å². The van der Waals surface area contributed by atoms with E-state index in [-0.39, 0.29) is 12.2 Å². The predicted octanol–water partition coefficient (Wildman–Crippen LogP) is 2.58. The van der Waals surface area contributed by atoms with Crippen LogP contribution in [0.15, 0.2) is 24.3 Å². The smallest absolute Gasteiger partial charge is 0.409 e. The Hall–Kier alpha value is -1.75. The van der Waals surface area contributed by atoms with Crippen LogP contribution in [-0.4, -0.2) is 37.3 Å². The molecule has 0 radical (unpaired) electrons. The zero-order valence-corrected chi connectivity index (χ0v) is 11.9. The second-order valence-electron chi connectivity index (χ2n) is 4.94. The van der Waals surface area contributed by atoms with Gasteiger partial charge in [-0.15, -0.1) is 0 Å². The Kier molecular flexibility index (Phi) is 5.24. The number of morpholine rings is 1. The minimum atomic E-state index is -0.248. The third kappa shape index (κ3) is 3.87. The summed E-state index contributed by atoms with van der Waals surface area (Å²) in [4.78, 5) is 13.6. The standard InChI is InChI=1S/C15H22N2O3/c1-2-3-9-20-15(18)17-8-10-19-14(11-17)12-4-6-13(16)7-5-12/h4-7,14H,2-3,8-11,16H2,1H3. The maximum Gasteiger partial charge on any atom is 0.409 e. The Labute approximate surface area is 119 Å². The quantitative estimate of drug-likeness (QED) is 0.679. The highest BCUT2D eigenvalue weighted by Crippen LogP contribution is 2.23. The van der Waals surface area contributed by atoms with Crippen LogP contribution in [0.5, 0.6) is 0 Å². The molecule has 1 unspecified atom stereocenters. The molecule has 0 saturated carbocycles. The average molecular weight is 278 g/mol. The largest absolute Gasteiger partial charge is 0.449 e. The summed E-state index contributed by atoms with van der Waals surface area (Å²) in [6.07, 6.45) is 1.56. The van der Waals surface area contributed by atoms with Gasteiger partial charge in [0.05, 0.1) is 19.8 Å². The average Bonchev–Trinajstić information content (AvgIpc) is 2.48. The Morgan fingerprint density at radius 1 is 1.45 bits per heavy atom. The molecular formula is C15H22N2O3. The van der Waals surface area contributed by atoms with Crippen molar-refractivity contribution in [2.45, 2.75) is 25.9 Å². The number of nitrogens with two attached hydrogens (primary N) is 1. The molecule has 1 aliphatic heterocycles. The molecular weight excluding hydrogens is 256 g/mol. The van der Waals surface area contributed by atoms with Crippen molar-refractivity contribution in [2.75, 3.05) is 32.0 Å². The van der Waals surface area contributed by atoms with Crippen LogP contribution in [-0.2, 0) is 9.47 Å². The molecule has 0 bridgehead atoms. The number of nitrogen functional groups attached to an aromatic ring is 1. The fraction of sp³-hybridized carbons (Fsp3) is 0.533. The third-order valence-corrected chi connectivity index (χ3v) is 3.36. The molecule has 1 aromatic carbocycles. The van der Waals surface area contributed by atoms with E-state index < -0.39 is 0 Å². The number of benzene rings is 1. The second kappa shape index (κ2) is 7.14. The summed E-state index contributed by atoms with van der Waals surface area (Å²) in [5.41, 5.74) is 7.43. The highest BCUT2D eigenvalue weighted by atomic mass is 16.6. The Bertz CT molecular complexity index is 433. The lowest BCUT2D eigenvalue weighted by Gasteiger charge is -2.32. The molecule has 1 saturated heterocycles. The lowest BCUT2D eigenvalue weighted by molar-refractivity contribution is -0.0286. The maximum absolute atomic E-state index is 11.9. The number of amides is 1. The van der Waals surface area contributed by atoms with Gasteiger partial charge >= 0.3 is 6.09 Å². The number of hydrogen-bond acceptors (Lipinski definition) is 4. The maximum atomic E-state index is 11.9. The highest BCUT2D eigenvalue weighted by Gasteiger charge is 2.26. The Balaban J connectivity index is 1.91. The van der Waals surface area contributed by atoms with Crippen molar-refractivity contribution in [1.82, 2.24) is 4.90 Å². The van der Waals surface area contributed by atoms with Crippen molar-refractivity contribution in [1.29, 1.82) is 0 Å². The summed E-state index contributed by atoms with van der Waals surface area (Å²) < 4.78 is 11.0. The van der Waals surface area contributed by atoms with Gasteiger partial charge in [-0.1, -0.05) is 25.5 Å². The molecule has 1 fully saturated rings. The van der Waals surface area contributed by atoms with E-state index in [1.54, 1.807) is 4.90 Å². The molecule has 1 amide bonds. The SMILES string of the molecule is CCCCOC(=O)N1CCOC(c2ccc(N)cc2)C1. The minimum absolute atomic E-state index is 0.108. The van der Waals surface area contributed by atoms with Crippen LogP contribution in [0.25, 0.3) is 0 Å². The number of rotatable bonds is 4. The normalized spacial score (nSPS) is 18.9. The van der Waals surface area contributed by atoms with E-state index in [1.165, 1.54) is 0 Å². The van der Waals surface area contributed by atoms with Gasteiger partial charge in [-0.25, -0.2) is 4.79 Å². The van der Waals surface area contributed by atoms with Gasteiger partial charge < -0.3 is 20.1 Å². The van der Waals surface area contributed by atoms with Gasteiger partial charge in [0.2, 0.25) is 0 Å². The molecule has 1 aliphatic rings. The van der Waals surface area contributed by atoms with Gasteiger partial charge in [-0.05, 0) is 24.1 Å². The van der Waals surface area contributed by atoms with Gasteiger partial charge in [0.25, 0.3) is 0 Å². The Morgan fingerprint density at radius 3 is 2.90 bits per heavy atom. The van der Waals surface area contributed by atoms with Crippen LogP contribution in [0.2, 0.25) is 0 Å². The first-order valence-electron chi connectivity index (χ1n) is 7.09. The summed E-state index contributed by atoms with van der Waals surface area (Å²) in [6, 6.07) is 7.56. The molecule has 5 nitrogen and oxygen atoms in total. The molecule has 2 rings (SSSR count). The summed E-state index contributed by atoms with van der Waals surface area (Å²) in [5, 5.41) is 0. The van der Waals surface area contributed by atoms with Crippen LogP contribution in [0.4, 0.5) is 10.5 Å². The van der Waals surface area contributed by atoms with E-state index in [0.717, 1.165) is 24.1 Å². The lowest BCUT2D eigenvalue weighted by atomic mass is 10.1. The van der Waals surface area contributed by atoms with Crippen LogP contribution < -0.4 is 5.73 Å². The van der Waals surface area contributed by atoms with Crippen molar-refractivity contribution < 1.29 is 14.3 Å². The number of ether oxygens (including phenoxy) is 2. The first-order valence-corrected chi connectivity index (χ1v) is 7.09. The van der Waals surface area contributed by atoms with E-state index in [2.05, 4.69) is 6.92 Å². The van der Waals surface area contributed by atoms with Crippen molar-refractivity contribution in [3.05, 3.63) is 29.8 Å². The predicted molar refractivity (Wildman–Crippen MR) is 77.4 cm³/mol. The molecule has 0 aromatic heterocycles. The number of anilines is 1. The fourth-order valence-corrected chi connectivity index (χ4v) is 2.12. The number of nitrogens with zero attached hydrogens (tertiary/aromatic N) is 1. The summed E-state index contributed by atoms with van der Waals surface area (Å²) in [6.45, 7) is 4.18. The molecule has 1 aromatic rings. The van der Waals surface area contributed by atoms with E-state index >= 15 is 0 Å². The van der Waals surface area contributed by atoms with Crippen molar-refractivity contribution >= 4 is 11.8 Å². The third-order valence-electron chi connectivity index (χ3n) is 3.36. The van der Waals surface area contributed by atoms with Crippen LogP contribution in [0, 0.1) is 0 Å². The fourth-order valence-electron chi connectivity index (χ4n) is 2.12. The highest BCUT2D eigenvalue weighted by molar-refractivity contribution is 5.67. The zero-order chi connectivity index (χ0) is 14.4. The number of carbonyl (C=O) groups excluding carboxylic acids is 1. The second-order valence-corrected chi connectivity index (χ2v) is 4.94. The van der Waals surface area contributed by atoms with Gasteiger partial charge in [-0.2, -0.15) is 0 Å². The topological polar surface area (TPSA) is 64.8 Å². The first kappa shape index (κ1) is 14.7. The van der Waals surface area contributed by atoms with Crippen molar-refractivity contribution in [3.8, 4) is 0 Å². The van der Waals surface area contributed by atoms with Gasteiger partial charge in [0.1, 0.15) is 6.10 Å². The molecule has 0 aliphatic carbocycles. The van der Waals surface area contributed by atoms with Crippen LogP contribution in [0.3, 0.4) is 0 Å². The van der Waals surface area contributed by atoms with E-state index in [1.807, 2.05) is 24.3 Å². The lowest BCUT2D eigenvalue weighted by Crippen LogP contribution is -2.42. The molecule has 1 atom stereocenters. The van der Waals surface area contributed by atoms with Gasteiger partial charge in [0, 0.05) is 12.2 Å². The number of carbonyl (C=O) groups is 1. The Morgan fingerprint density at radius 2 is 2.20 bits per heavy atom.